The number of benzene rings is 2. The van der Waals surface area contributed by atoms with E-state index in [9.17, 15) is 41.7 Å². The molecular weight excluding hydrogens is 506 g/mol. The number of hydrogen-bond acceptors (Lipinski definition) is 5. The van der Waals surface area contributed by atoms with Crippen LogP contribution in [0.3, 0.4) is 0 Å². The van der Waals surface area contributed by atoms with Crippen molar-refractivity contribution in [1.82, 2.24) is 4.57 Å². The Bertz CT molecular complexity index is 1680. The first-order chi connectivity index (χ1) is 16.9. The number of nitrogens with two attached hydrogens (primary N) is 1. The van der Waals surface area contributed by atoms with Crippen LogP contribution >= 0.6 is 11.3 Å². The van der Waals surface area contributed by atoms with Gasteiger partial charge in [0, 0.05) is 0 Å². The summed E-state index contributed by atoms with van der Waals surface area (Å²) in [5, 5.41) is 19.6. The Labute approximate surface area is 202 Å². The summed E-state index contributed by atoms with van der Waals surface area (Å²) in [6.45, 7) is 0. The number of thiazole rings is 1. The Morgan fingerprint density at radius 1 is 0.889 bits per heavy atom. The molecule has 36 heavy (non-hydrogen) atoms. The summed E-state index contributed by atoms with van der Waals surface area (Å²) in [6.07, 6.45) is -8.57. The first-order valence-corrected chi connectivity index (χ1v) is 10.8. The predicted molar refractivity (Wildman–Crippen MR) is 119 cm³/mol. The topological polar surface area (TPSA) is 95.6 Å². The van der Waals surface area contributed by atoms with Crippen molar-refractivity contribution >= 4 is 28.8 Å². The van der Waals surface area contributed by atoms with E-state index in [2.05, 4.69) is 0 Å². The van der Waals surface area contributed by atoms with E-state index in [1.807, 2.05) is 0 Å². The Hall–Kier alpha value is -4.29. The van der Waals surface area contributed by atoms with E-state index in [4.69, 9.17) is 5.73 Å². The molecule has 12 heteroatoms. The lowest BCUT2D eigenvalue weighted by Crippen LogP contribution is -2.38. The quantitative estimate of drug-likeness (QED) is 0.521. The first-order valence-electron chi connectivity index (χ1n) is 10.0. The molecular formula is C24H12F6N4OS. The lowest BCUT2D eigenvalue weighted by Gasteiger charge is -2.24. The molecule has 1 aromatic heterocycles. The van der Waals surface area contributed by atoms with Gasteiger partial charge >= 0.3 is 12.4 Å². The van der Waals surface area contributed by atoms with E-state index in [1.54, 1.807) is 12.1 Å². The van der Waals surface area contributed by atoms with E-state index in [0.717, 1.165) is 41.0 Å². The number of fused-ring (bicyclic) bond motifs is 1. The number of allylic oxidation sites excluding steroid dienone is 1. The van der Waals surface area contributed by atoms with Crippen molar-refractivity contribution < 1.29 is 26.3 Å². The smallest absolute Gasteiger partial charge is 0.384 e. The Kier molecular flexibility index (Phi) is 6.02. The fourth-order valence-corrected chi connectivity index (χ4v) is 5.11. The molecule has 1 aliphatic heterocycles. The van der Waals surface area contributed by atoms with Crippen molar-refractivity contribution in [3.63, 3.8) is 0 Å². The minimum atomic E-state index is -4.82. The summed E-state index contributed by atoms with van der Waals surface area (Å²) < 4.78 is 81.8. The molecule has 1 aliphatic rings. The van der Waals surface area contributed by atoms with Gasteiger partial charge in [0.15, 0.2) is 0 Å². The second-order valence-electron chi connectivity index (χ2n) is 7.60. The highest BCUT2D eigenvalue weighted by Gasteiger charge is 2.40. The highest BCUT2D eigenvalue weighted by Crippen LogP contribution is 2.42. The maximum absolute atomic E-state index is 13.7. The molecule has 0 saturated heterocycles. The van der Waals surface area contributed by atoms with Gasteiger partial charge < -0.3 is 5.73 Å². The summed E-state index contributed by atoms with van der Waals surface area (Å²) in [7, 11) is 0. The summed E-state index contributed by atoms with van der Waals surface area (Å²) in [6, 6.07) is 12.3. The number of hydrogen-bond donors (Lipinski definition) is 1. The molecule has 182 valence electrons. The largest absolute Gasteiger partial charge is 0.416 e. The lowest BCUT2D eigenvalue weighted by molar-refractivity contribution is -0.138. The van der Waals surface area contributed by atoms with Crippen LogP contribution in [0.5, 0.6) is 0 Å². The van der Waals surface area contributed by atoms with Crippen LogP contribution in [0.2, 0.25) is 0 Å². The highest BCUT2D eigenvalue weighted by molar-refractivity contribution is 7.07. The third kappa shape index (κ3) is 4.06. The number of rotatable bonds is 2. The van der Waals surface area contributed by atoms with Gasteiger partial charge in [0.1, 0.15) is 10.5 Å². The molecule has 0 amide bonds. The molecule has 2 heterocycles. The molecule has 0 bridgehead atoms. The molecule has 0 fully saturated rings. The van der Waals surface area contributed by atoms with E-state index in [-0.39, 0.29) is 20.3 Å². The van der Waals surface area contributed by atoms with Crippen molar-refractivity contribution in [2.45, 2.75) is 18.3 Å². The zero-order chi connectivity index (χ0) is 26.4. The molecule has 2 aromatic carbocycles. The van der Waals surface area contributed by atoms with Gasteiger partial charge in [0.2, 0.25) is 0 Å². The standard InChI is InChI=1S/C24H12F6N4OS/c25-23(26,27)16-7-3-1-5-12(16)9-18-21(35)34-20(33)14(10-31)19(15(11-32)22(34)36-18)13-6-2-4-8-17(13)24(28,29)30/h1-9,19H,33H2/b18-9-/t19-/m0/s1. The number of aromatic nitrogens is 1. The third-order valence-electron chi connectivity index (χ3n) is 5.52. The van der Waals surface area contributed by atoms with Crippen LogP contribution in [-0.2, 0) is 12.4 Å². The van der Waals surface area contributed by atoms with E-state index in [1.165, 1.54) is 18.2 Å². The van der Waals surface area contributed by atoms with Gasteiger partial charge in [-0.05, 0) is 29.3 Å². The van der Waals surface area contributed by atoms with Gasteiger partial charge in [-0.3, -0.25) is 9.36 Å². The zero-order valence-corrected chi connectivity index (χ0v) is 18.6. The maximum atomic E-state index is 13.7. The zero-order valence-electron chi connectivity index (χ0n) is 17.8. The van der Waals surface area contributed by atoms with Crippen LogP contribution in [0.25, 0.3) is 17.5 Å². The van der Waals surface area contributed by atoms with Gasteiger partial charge in [0.25, 0.3) is 5.56 Å². The van der Waals surface area contributed by atoms with Crippen LogP contribution in [0.15, 0.2) is 58.9 Å². The van der Waals surface area contributed by atoms with Crippen molar-refractivity contribution in [3.8, 4) is 12.1 Å². The molecule has 4 rings (SSSR count). The van der Waals surface area contributed by atoms with Gasteiger partial charge in [0.05, 0.1) is 44.9 Å². The predicted octanol–water partition coefficient (Wildman–Crippen LogP) is 3.90. The Morgan fingerprint density at radius 3 is 2.03 bits per heavy atom. The third-order valence-corrected chi connectivity index (χ3v) is 6.63. The molecule has 2 N–H and O–H groups in total. The second-order valence-corrected chi connectivity index (χ2v) is 8.63. The molecule has 3 aromatic rings. The SMILES string of the molecule is N#CC1=C(N)n2c(s/c(=C\c3ccccc3C(F)(F)F)c2=O)=C(C#N)[C@H]1c1ccccc1C(F)(F)F. The van der Waals surface area contributed by atoms with E-state index >= 15 is 0 Å². The summed E-state index contributed by atoms with van der Waals surface area (Å²) in [5.41, 5.74) is 1.46. The first kappa shape index (κ1) is 24.8. The number of nitriles is 2. The Morgan fingerprint density at radius 2 is 1.44 bits per heavy atom. The minimum Gasteiger partial charge on any atom is -0.384 e. The average molecular weight is 518 g/mol. The van der Waals surface area contributed by atoms with Gasteiger partial charge in [-0.2, -0.15) is 36.9 Å². The number of halogens is 6. The van der Waals surface area contributed by atoms with Gasteiger partial charge in [-0.15, -0.1) is 11.3 Å². The Balaban J connectivity index is 2.09. The van der Waals surface area contributed by atoms with Crippen LogP contribution < -0.4 is 20.5 Å². The van der Waals surface area contributed by atoms with E-state index < -0.39 is 51.9 Å². The average Bonchev–Trinajstić information content (AvgIpc) is 3.14. The summed E-state index contributed by atoms with van der Waals surface area (Å²) in [4.78, 5) is 13.1. The van der Waals surface area contributed by atoms with Crippen molar-refractivity contribution in [1.29, 1.82) is 10.5 Å². The van der Waals surface area contributed by atoms with Gasteiger partial charge in [-0.1, -0.05) is 36.4 Å². The van der Waals surface area contributed by atoms with Crippen LogP contribution in [0, 0.1) is 22.7 Å². The number of nitrogens with zero attached hydrogens (tertiary/aromatic N) is 3. The lowest BCUT2D eigenvalue weighted by atomic mass is 9.82. The fourth-order valence-electron chi connectivity index (χ4n) is 3.99. The molecule has 0 unspecified atom stereocenters. The molecule has 1 atom stereocenters. The molecule has 0 spiro atoms. The van der Waals surface area contributed by atoms with Crippen LogP contribution in [-0.4, -0.2) is 4.57 Å². The summed E-state index contributed by atoms with van der Waals surface area (Å²) >= 11 is 0.600. The fraction of sp³-hybridized carbons (Fsp3) is 0.125. The summed E-state index contributed by atoms with van der Waals surface area (Å²) in [5.74, 6) is -2.04. The minimum absolute atomic E-state index is 0.170. The molecule has 0 aliphatic carbocycles. The van der Waals surface area contributed by atoms with Crippen molar-refractivity contribution in [2.75, 3.05) is 0 Å². The molecule has 5 nitrogen and oxygen atoms in total. The number of alkyl halides is 6. The molecule has 0 radical (unpaired) electrons. The van der Waals surface area contributed by atoms with Crippen molar-refractivity contribution in [2.24, 2.45) is 5.73 Å². The second kappa shape index (κ2) is 8.73. The van der Waals surface area contributed by atoms with Crippen molar-refractivity contribution in [3.05, 3.63) is 95.9 Å². The van der Waals surface area contributed by atoms with Gasteiger partial charge in [-0.25, -0.2) is 0 Å². The van der Waals surface area contributed by atoms with E-state index in [0.29, 0.717) is 11.3 Å². The molecule has 0 saturated carbocycles. The van der Waals surface area contributed by atoms with Crippen LogP contribution in [0.1, 0.15) is 28.2 Å². The maximum Gasteiger partial charge on any atom is 0.416 e. The monoisotopic (exact) mass is 518 g/mol. The normalized spacial score (nSPS) is 16.5. The highest BCUT2D eigenvalue weighted by atomic mass is 32.1. The van der Waals surface area contributed by atoms with Crippen LogP contribution in [0.4, 0.5) is 26.3 Å².